The molecule has 8 nitrogen and oxygen atoms in total. The molecule has 3 heterocycles. The maximum absolute atomic E-state index is 12.0. The van der Waals surface area contributed by atoms with Crippen molar-refractivity contribution >= 4 is 28.9 Å². The Balaban J connectivity index is 1.71. The highest BCUT2D eigenvalue weighted by atomic mass is 16.6. The number of anilines is 2. The Morgan fingerprint density at radius 2 is 1.96 bits per heavy atom. The molecule has 1 aliphatic heterocycles. The molecule has 0 saturated carbocycles. The van der Waals surface area contributed by atoms with Crippen molar-refractivity contribution in [3.05, 3.63) is 11.8 Å². The molecule has 0 bridgehead atoms. The van der Waals surface area contributed by atoms with Gasteiger partial charge in [-0.3, -0.25) is 0 Å². The monoisotopic (exact) mass is 374 g/mol. The number of hydrogen-bond acceptors (Lipinski definition) is 6. The van der Waals surface area contributed by atoms with Crippen LogP contribution in [0.15, 0.2) is 6.07 Å². The topological polar surface area (TPSA) is 86.4 Å². The van der Waals surface area contributed by atoms with Crippen molar-refractivity contribution in [2.24, 2.45) is 0 Å². The third-order valence-electron chi connectivity index (χ3n) is 4.51. The van der Waals surface area contributed by atoms with Gasteiger partial charge in [-0.1, -0.05) is 0 Å². The summed E-state index contributed by atoms with van der Waals surface area (Å²) in [7, 11) is 3.88. The van der Waals surface area contributed by atoms with E-state index in [0.717, 1.165) is 48.5 Å². The number of aromatic amines is 1. The highest BCUT2D eigenvalue weighted by molar-refractivity contribution is 5.89. The van der Waals surface area contributed by atoms with Crippen LogP contribution >= 0.6 is 0 Å². The first-order chi connectivity index (χ1) is 12.6. The average Bonchev–Trinajstić information content (AvgIpc) is 2.93. The Kier molecular flexibility index (Phi) is 5.17. The second-order valence-electron chi connectivity index (χ2n) is 8.36. The van der Waals surface area contributed by atoms with Crippen molar-refractivity contribution in [1.29, 1.82) is 0 Å². The average molecular weight is 374 g/mol. The number of hydrogen-bond donors (Lipinski definition) is 2. The van der Waals surface area contributed by atoms with Crippen molar-refractivity contribution in [3.63, 3.8) is 0 Å². The molecule has 1 fully saturated rings. The largest absolute Gasteiger partial charge is 0.444 e. The first-order valence-corrected chi connectivity index (χ1v) is 9.41. The fraction of sp³-hybridized carbons (Fsp3) is 0.632. The van der Waals surface area contributed by atoms with Gasteiger partial charge in [-0.15, -0.1) is 0 Å². The van der Waals surface area contributed by atoms with Crippen LogP contribution in [0.2, 0.25) is 0 Å². The summed E-state index contributed by atoms with van der Waals surface area (Å²) in [6.45, 7) is 9.29. The summed E-state index contributed by atoms with van der Waals surface area (Å²) in [6.07, 6.45) is 1.36. The van der Waals surface area contributed by atoms with E-state index in [2.05, 4.69) is 26.3 Å². The van der Waals surface area contributed by atoms with Gasteiger partial charge < -0.3 is 24.8 Å². The number of rotatable bonds is 3. The molecule has 3 rings (SSSR count). The maximum Gasteiger partial charge on any atom is 0.407 e. The number of nitrogens with zero attached hydrogens (tertiary/aromatic N) is 4. The number of aromatic nitrogens is 3. The molecule has 2 aromatic heterocycles. The molecule has 0 atom stereocenters. The quantitative estimate of drug-likeness (QED) is 0.859. The van der Waals surface area contributed by atoms with E-state index in [-0.39, 0.29) is 12.1 Å². The molecule has 0 aromatic carbocycles. The Morgan fingerprint density at radius 3 is 2.56 bits per heavy atom. The van der Waals surface area contributed by atoms with E-state index in [4.69, 9.17) is 9.72 Å². The van der Waals surface area contributed by atoms with Crippen molar-refractivity contribution in [1.82, 2.24) is 20.3 Å². The van der Waals surface area contributed by atoms with E-state index in [1.807, 2.05) is 46.7 Å². The minimum Gasteiger partial charge on any atom is -0.444 e. The van der Waals surface area contributed by atoms with Gasteiger partial charge in [0.15, 0.2) is 0 Å². The summed E-state index contributed by atoms with van der Waals surface area (Å²) in [4.78, 5) is 28.9. The molecule has 148 valence electrons. The number of piperidine rings is 1. The van der Waals surface area contributed by atoms with Gasteiger partial charge in [0.05, 0.1) is 5.39 Å². The van der Waals surface area contributed by atoms with Crippen LogP contribution in [-0.4, -0.2) is 59.9 Å². The van der Waals surface area contributed by atoms with E-state index in [0.29, 0.717) is 5.95 Å². The molecule has 0 unspecified atom stereocenters. The summed E-state index contributed by atoms with van der Waals surface area (Å²) < 4.78 is 5.36. The second kappa shape index (κ2) is 7.25. The van der Waals surface area contributed by atoms with Gasteiger partial charge in [0.25, 0.3) is 0 Å². The van der Waals surface area contributed by atoms with Crippen molar-refractivity contribution in [2.75, 3.05) is 37.0 Å². The van der Waals surface area contributed by atoms with E-state index in [1.54, 1.807) is 0 Å². The number of amides is 1. The normalized spacial score (nSPS) is 15.9. The Morgan fingerprint density at radius 1 is 1.30 bits per heavy atom. The number of ether oxygens (including phenoxy) is 1. The summed E-state index contributed by atoms with van der Waals surface area (Å²) in [5.74, 6) is 1.64. The lowest BCUT2D eigenvalue weighted by Crippen LogP contribution is -2.46. The lowest BCUT2D eigenvalue weighted by molar-refractivity contribution is 0.0497. The van der Waals surface area contributed by atoms with Crippen molar-refractivity contribution in [2.45, 2.75) is 52.2 Å². The van der Waals surface area contributed by atoms with Gasteiger partial charge in [-0.05, 0) is 46.6 Å². The number of aryl methyl sites for hydroxylation is 1. The fourth-order valence-electron chi connectivity index (χ4n) is 3.26. The van der Waals surface area contributed by atoms with Gasteiger partial charge in [-0.25, -0.2) is 4.79 Å². The summed E-state index contributed by atoms with van der Waals surface area (Å²) in [5.41, 5.74) is 1.44. The van der Waals surface area contributed by atoms with E-state index >= 15 is 0 Å². The zero-order valence-electron chi connectivity index (χ0n) is 17.1. The lowest BCUT2D eigenvalue weighted by Gasteiger charge is -2.34. The third kappa shape index (κ3) is 4.61. The fourth-order valence-corrected chi connectivity index (χ4v) is 3.26. The smallest absolute Gasteiger partial charge is 0.407 e. The van der Waals surface area contributed by atoms with Gasteiger partial charge >= 0.3 is 6.09 Å². The first-order valence-electron chi connectivity index (χ1n) is 9.41. The van der Waals surface area contributed by atoms with Crippen LogP contribution in [0.5, 0.6) is 0 Å². The Bertz CT molecular complexity index is 815. The number of fused-ring (bicyclic) bond motifs is 1. The molecular formula is C19H30N6O2. The molecule has 2 aromatic rings. The molecule has 0 radical (unpaired) electrons. The second-order valence-corrected chi connectivity index (χ2v) is 8.36. The van der Waals surface area contributed by atoms with Gasteiger partial charge in [0, 0.05) is 38.9 Å². The number of nitrogens with one attached hydrogen (secondary N) is 2. The van der Waals surface area contributed by atoms with Crippen LogP contribution in [0.4, 0.5) is 16.6 Å². The molecule has 0 spiro atoms. The number of carbonyl (C=O) groups excluding carboxylic acids is 1. The molecule has 1 saturated heterocycles. The minimum atomic E-state index is -0.480. The van der Waals surface area contributed by atoms with E-state index < -0.39 is 5.60 Å². The summed E-state index contributed by atoms with van der Waals surface area (Å²) in [5, 5.41) is 4.02. The molecule has 2 N–H and O–H groups in total. The third-order valence-corrected chi connectivity index (χ3v) is 4.51. The molecule has 0 aliphatic carbocycles. The van der Waals surface area contributed by atoms with E-state index in [9.17, 15) is 4.79 Å². The van der Waals surface area contributed by atoms with Crippen LogP contribution in [-0.2, 0) is 4.74 Å². The summed E-state index contributed by atoms with van der Waals surface area (Å²) in [6, 6.07) is 2.21. The maximum atomic E-state index is 12.0. The van der Waals surface area contributed by atoms with Gasteiger partial charge in [-0.2, -0.15) is 9.97 Å². The minimum absolute atomic E-state index is 0.120. The first kappa shape index (κ1) is 19.3. The van der Waals surface area contributed by atoms with Gasteiger partial charge in [0.2, 0.25) is 5.95 Å². The molecular weight excluding hydrogens is 344 g/mol. The number of H-pyrrole nitrogens is 1. The summed E-state index contributed by atoms with van der Waals surface area (Å²) >= 11 is 0. The predicted molar refractivity (Wildman–Crippen MR) is 108 cm³/mol. The predicted octanol–water partition coefficient (Wildman–Crippen LogP) is 2.83. The molecule has 1 aliphatic rings. The van der Waals surface area contributed by atoms with Crippen LogP contribution in [0.3, 0.4) is 0 Å². The molecule has 27 heavy (non-hydrogen) atoms. The van der Waals surface area contributed by atoms with Crippen LogP contribution < -0.4 is 15.1 Å². The molecule has 8 heteroatoms. The van der Waals surface area contributed by atoms with E-state index in [1.165, 1.54) is 0 Å². The Hall–Kier alpha value is -2.51. The van der Waals surface area contributed by atoms with Crippen LogP contribution in [0, 0.1) is 6.92 Å². The highest BCUT2D eigenvalue weighted by Gasteiger charge is 2.26. The zero-order valence-corrected chi connectivity index (χ0v) is 17.1. The van der Waals surface area contributed by atoms with Crippen molar-refractivity contribution < 1.29 is 9.53 Å². The van der Waals surface area contributed by atoms with Crippen LogP contribution in [0.25, 0.3) is 11.0 Å². The highest BCUT2D eigenvalue weighted by Crippen LogP contribution is 2.29. The lowest BCUT2D eigenvalue weighted by atomic mass is 10.1. The number of carbonyl (C=O) groups is 1. The molecule has 1 amide bonds. The van der Waals surface area contributed by atoms with Gasteiger partial charge in [0.1, 0.15) is 17.1 Å². The van der Waals surface area contributed by atoms with Crippen LogP contribution in [0.1, 0.15) is 39.3 Å². The number of alkyl carbamates (subject to hydrolysis) is 1. The van der Waals surface area contributed by atoms with Crippen molar-refractivity contribution in [3.8, 4) is 0 Å². The SMILES string of the molecule is Cc1cc2c(N3CCC(NC(=O)OC(C)(C)C)CC3)nc(N(C)C)nc2[nH]1. The zero-order chi connectivity index (χ0) is 19.8. The standard InChI is InChI=1S/C19H30N6O2/c1-12-11-14-15(20-12)22-17(24(5)6)23-16(14)25-9-7-13(8-10-25)21-18(26)27-19(2,3)4/h11,13H,7-10H2,1-6H3,(H,21,26)(H,20,22,23). The Labute approximate surface area is 160 Å².